The van der Waals surface area contributed by atoms with Crippen LogP contribution >= 0.6 is 0 Å². The molecule has 0 saturated carbocycles. The third-order valence-electron chi connectivity index (χ3n) is 12.2. The fraction of sp³-hybridized carbons (Fsp3) is 0.941. The predicted molar refractivity (Wildman–Crippen MR) is 247 cm³/mol. The van der Waals surface area contributed by atoms with E-state index in [2.05, 4.69) is 26.1 Å². The largest absolute Gasteiger partial charge is 0.481 e. The smallest absolute Gasteiger partial charge is 0.303 e. The van der Waals surface area contributed by atoms with E-state index >= 15 is 0 Å². The van der Waals surface area contributed by atoms with E-state index in [1.54, 1.807) is 0 Å². The van der Waals surface area contributed by atoms with Gasteiger partial charge in [-0.2, -0.15) is 0 Å². The average Bonchev–Trinajstić information content (AvgIpc) is 3.20. The normalized spacial score (nSPS) is 11.9. The third-order valence-corrected chi connectivity index (χ3v) is 12.2. The maximum atomic E-state index is 14.0. The summed E-state index contributed by atoms with van der Waals surface area (Å²) in [5, 5.41) is 12.5. The van der Waals surface area contributed by atoms with E-state index in [1.807, 2.05) is 4.90 Å². The summed E-state index contributed by atoms with van der Waals surface area (Å²) in [7, 11) is 0. The molecule has 0 aliphatic rings. The molecule has 0 aromatic heterocycles. The number of carbonyl (C=O) groups is 3. The predicted octanol–water partition coefficient (Wildman–Crippen LogP) is 15.8. The van der Waals surface area contributed by atoms with E-state index in [9.17, 15) is 19.5 Å². The number of aliphatic carboxylic acids is 1. The van der Waals surface area contributed by atoms with Gasteiger partial charge in [0.1, 0.15) is 6.04 Å². The Morgan fingerprint density at radius 2 is 0.649 bits per heavy atom. The van der Waals surface area contributed by atoms with Gasteiger partial charge in [-0.3, -0.25) is 14.4 Å². The van der Waals surface area contributed by atoms with Gasteiger partial charge in [0.15, 0.2) is 0 Å². The maximum Gasteiger partial charge on any atom is 0.303 e. The number of carbonyl (C=O) groups excluding carboxylic acids is 2. The second kappa shape index (κ2) is 45.5. The van der Waals surface area contributed by atoms with Crippen LogP contribution in [0.25, 0.3) is 0 Å². The molecule has 2 N–H and O–H groups in total. The van der Waals surface area contributed by atoms with Crippen molar-refractivity contribution in [2.45, 2.75) is 296 Å². The highest BCUT2D eigenvalue weighted by Gasteiger charge is 2.26. The van der Waals surface area contributed by atoms with Gasteiger partial charge in [-0.05, 0) is 25.7 Å². The minimum Gasteiger partial charge on any atom is -0.481 e. The van der Waals surface area contributed by atoms with E-state index in [4.69, 9.17) is 0 Å². The molecule has 0 heterocycles. The Bertz CT molecular complexity index is 836. The summed E-state index contributed by atoms with van der Waals surface area (Å²) < 4.78 is 0. The number of nitrogens with one attached hydrogen (secondary N) is 1. The van der Waals surface area contributed by atoms with Gasteiger partial charge in [-0.15, -0.1) is 0 Å². The molecule has 2 amide bonds. The van der Waals surface area contributed by atoms with E-state index in [-0.39, 0.29) is 24.7 Å². The van der Waals surface area contributed by atoms with Crippen LogP contribution in [0.5, 0.6) is 0 Å². The monoisotopic (exact) mass is 805 g/mol. The minimum absolute atomic E-state index is 0.0766. The molecule has 338 valence electrons. The van der Waals surface area contributed by atoms with Crippen LogP contribution in [0.3, 0.4) is 0 Å². The van der Waals surface area contributed by atoms with Gasteiger partial charge in [0, 0.05) is 25.9 Å². The molecule has 0 spiro atoms. The van der Waals surface area contributed by atoms with Gasteiger partial charge in [-0.25, -0.2) is 0 Å². The number of unbranched alkanes of at least 4 members (excludes halogenated alkanes) is 36. The van der Waals surface area contributed by atoms with Gasteiger partial charge in [0.2, 0.25) is 11.8 Å². The van der Waals surface area contributed by atoms with Crippen molar-refractivity contribution in [2.24, 2.45) is 0 Å². The Balaban J connectivity index is 4.70. The molecule has 0 aliphatic carbocycles. The number of hydrogen-bond donors (Lipinski definition) is 2. The minimum atomic E-state index is -0.919. The topological polar surface area (TPSA) is 86.7 Å². The molecule has 0 aliphatic heterocycles. The second-order valence-electron chi connectivity index (χ2n) is 17.9. The summed E-state index contributed by atoms with van der Waals surface area (Å²) in [6.07, 6.45) is 50.4. The number of amides is 2. The van der Waals surface area contributed by atoms with Crippen LogP contribution in [0.15, 0.2) is 0 Å². The number of hydrogen-bond acceptors (Lipinski definition) is 3. The Hall–Kier alpha value is -1.59. The highest BCUT2D eigenvalue weighted by atomic mass is 16.4. The SMILES string of the molecule is CCCCCCCCCCCCCCCCCC(=O)NC(CCC(=O)O)C(=O)N(CCCCCCCCCCCCCC)CCCCCCCCCCCCCC. The first-order valence-corrected chi connectivity index (χ1v) is 25.8. The zero-order chi connectivity index (χ0) is 41.7. The first-order valence-electron chi connectivity index (χ1n) is 25.8. The summed E-state index contributed by atoms with van der Waals surface area (Å²) in [6, 6.07) is -0.750. The summed E-state index contributed by atoms with van der Waals surface area (Å²) >= 11 is 0. The van der Waals surface area contributed by atoms with Crippen molar-refractivity contribution < 1.29 is 19.5 Å². The third kappa shape index (κ3) is 41.0. The number of rotatable bonds is 47. The van der Waals surface area contributed by atoms with Crippen LogP contribution in [0.2, 0.25) is 0 Å². The van der Waals surface area contributed by atoms with Crippen molar-refractivity contribution in [1.82, 2.24) is 10.2 Å². The van der Waals surface area contributed by atoms with Crippen LogP contribution in [0, 0.1) is 0 Å². The molecule has 0 rings (SSSR count). The van der Waals surface area contributed by atoms with Crippen molar-refractivity contribution in [2.75, 3.05) is 13.1 Å². The van der Waals surface area contributed by atoms with Gasteiger partial charge in [0.05, 0.1) is 0 Å². The standard InChI is InChI=1S/C51H100N2O4/c1-4-7-10-13-16-19-22-25-26-27-28-31-34-37-40-43-49(54)52-48(44-45-50(55)56)51(57)53(46-41-38-35-32-29-23-20-17-14-11-8-5-2)47-42-39-36-33-30-24-21-18-15-12-9-6-3/h48H,4-47H2,1-3H3,(H,52,54)(H,55,56). The van der Waals surface area contributed by atoms with E-state index in [0.29, 0.717) is 19.5 Å². The molecule has 0 bridgehead atoms. The molecule has 0 aromatic rings. The van der Waals surface area contributed by atoms with Crippen LogP contribution in [-0.2, 0) is 14.4 Å². The van der Waals surface area contributed by atoms with Crippen LogP contribution in [0.1, 0.15) is 290 Å². The molecule has 1 unspecified atom stereocenters. The van der Waals surface area contributed by atoms with Gasteiger partial charge < -0.3 is 15.3 Å². The molecule has 57 heavy (non-hydrogen) atoms. The lowest BCUT2D eigenvalue weighted by atomic mass is 10.0. The van der Waals surface area contributed by atoms with Crippen LogP contribution < -0.4 is 5.32 Å². The van der Waals surface area contributed by atoms with E-state index < -0.39 is 12.0 Å². The fourth-order valence-corrected chi connectivity index (χ4v) is 8.29. The molecule has 6 heteroatoms. The van der Waals surface area contributed by atoms with Crippen LogP contribution in [-0.4, -0.2) is 46.9 Å². The van der Waals surface area contributed by atoms with Crippen molar-refractivity contribution in [3.05, 3.63) is 0 Å². The fourth-order valence-electron chi connectivity index (χ4n) is 8.29. The average molecular weight is 805 g/mol. The lowest BCUT2D eigenvalue weighted by Gasteiger charge is -2.28. The molecule has 1 atom stereocenters. The zero-order valence-electron chi connectivity index (χ0n) is 38.8. The Morgan fingerprint density at radius 1 is 0.386 bits per heavy atom. The Labute approximate surface area is 356 Å². The number of nitrogens with zero attached hydrogens (tertiary/aromatic N) is 1. The maximum absolute atomic E-state index is 14.0. The zero-order valence-corrected chi connectivity index (χ0v) is 38.8. The Morgan fingerprint density at radius 3 is 0.930 bits per heavy atom. The summed E-state index contributed by atoms with van der Waals surface area (Å²) in [5.41, 5.74) is 0. The highest BCUT2D eigenvalue weighted by Crippen LogP contribution is 2.17. The molecule has 0 saturated heterocycles. The van der Waals surface area contributed by atoms with Crippen molar-refractivity contribution in [3.63, 3.8) is 0 Å². The molecule has 0 radical (unpaired) electrons. The lowest BCUT2D eigenvalue weighted by molar-refractivity contribution is -0.139. The van der Waals surface area contributed by atoms with Crippen molar-refractivity contribution in [1.29, 1.82) is 0 Å². The summed E-state index contributed by atoms with van der Waals surface area (Å²) in [5.74, 6) is -1.10. The van der Waals surface area contributed by atoms with Gasteiger partial charge >= 0.3 is 5.97 Å². The molecule has 6 nitrogen and oxygen atoms in total. The lowest BCUT2D eigenvalue weighted by Crippen LogP contribution is -2.49. The quantitative estimate of drug-likeness (QED) is 0.0600. The first kappa shape index (κ1) is 55.4. The molecular weight excluding hydrogens is 705 g/mol. The summed E-state index contributed by atoms with van der Waals surface area (Å²) in [4.78, 5) is 40.6. The van der Waals surface area contributed by atoms with E-state index in [1.165, 1.54) is 205 Å². The van der Waals surface area contributed by atoms with Crippen molar-refractivity contribution >= 4 is 17.8 Å². The highest BCUT2D eigenvalue weighted by molar-refractivity contribution is 5.88. The van der Waals surface area contributed by atoms with Gasteiger partial charge in [-0.1, -0.05) is 252 Å². The van der Waals surface area contributed by atoms with Crippen molar-refractivity contribution in [3.8, 4) is 0 Å². The molecule has 0 aromatic carbocycles. The first-order chi connectivity index (χ1) is 28.0. The second-order valence-corrected chi connectivity index (χ2v) is 17.9. The molecular formula is C51H100N2O4. The van der Waals surface area contributed by atoms with Gasteiger partial charge in [0.25, 0.3) is 0 Å². The molecule has 0 fully saturated rings. The Kier molecular flexibility index (Phi) is 44.2. The number of carboxylic acids is 1. The van der Waals surface area contributed by atoms with E-state index in [0.717, 1.165) is 44.9 Å². The summed E-state index contributed by atoms with van der Waals surface area (Å²) in [6.45, 7) is 8.22. The number of carboxylic acid groups (broad SMARTS) is 1. The van der Waals surface area contributed by atoms with Crippen LogP contribution in [0.4, 0.5) is 0 Å².